The van der Waals surface area contributed by atoms with Crippen LogP contribution in [0.1, 0.15) is 36.1 Å². The highest BCUT2D eigenvalue weighted by Gasteiger charge is 2.32. The lowest BCUT2D eigenvalue weighted by atomic mass is 9.94. The minimum Gasteiger partial charge on any atom is -0.326 e. The smallest absolute Gasteiger partial charge is 0.0502 e. The van der Waals surface area contributed by atoms with E-state index in [2.05, 4.69) is 43.9 Å². The normalized spacial score (nSPS) is 26.2. The first-order valence-electron chi connectivity index (χ1n) is 6.21. The van der Waals surface area contributed by atoms with Crippen molar-refractivity contribution in [3.05, 3.63) is 34.9 Å². The summed E-state index contributed by atoms with van der Waals surface area (Å²) in [5, 5.41) is 0. The monoisotopic (exact) mass is 218 g/mol. The van der Waals surface area contributed by atoms with Crippen molar-refractivity contribution < 1.29 is 0 Å². The van der Waals surface area contributed by atoms with Gasteiger partial charge in [-0.15, -0.1) is 0 Å². The fourth-order valence-corrected chi connectivity index (χ4v) is 2.76. The summed E-state index contributed by atoms with van der Waals surface area (Å²) in [6, 6.07) is 7.28. The SMILES string of the molecule is CCN1CCC(N)C1c1cccc(C)c1C. The van der Waals surface area contributed by atoms with Gasteiger partial charge in [0, 0.05) is 12.6 Å². The Balaban J connectivity index is 2.38. The predicted octanol–water partition coefficient (Wildman–Crippen LogP) is 2.40. The molecule has 2 unspecified atom stereocenters. The average Bonchev–Trinajstić information content (AvgIpc) is 2.64. The van der Waals surface area contributed by atoms with Gasteiger partial charge in [0.15, 0.2) is 0 Å². The molecule has 1 aromatic rings. The van der Waals surface area contributed by atoms with E-state index in [1.165, 1.54) is 16.7 Å². The third-order valence-corrected chi connectivity index (χ3v) is 3.92. The molecule has 1 aromatic carbocycles. The second-order valence-corrected chi connectivity index (χ2v) is 4.82. The highest BCUT2D eigenvalue weighted by atomic mass is 15.2. The van der Waals surface area contributed by atoms with Crippen molar-refractivity contribution in [1.82, 2.24) is 4.90 Å². The van der Waals surface area contributed by atoms with Crippen LogP contribution in [0.4, 0.5) is 0 Å². The summed E-state index contributed by atoms with van der Waals surface area (Å²) in [4.78, 5) is 2.49. The molecule has 2 nitrogen and oxygen atoms in total. The lowest BCUT2D eigenvalue weighted by Gasteiger charge is -2.27. The first-order valence-corrected chi connectivity index (χ1v) is 6.21. The van der Waals surface area contributed by atoms with E-state index in [0.717, 1.165) is 19.5 Å². The molecule has 0 radical (unpaired) electrons. The minimum atomic E-state index is 0.292. The lowest BCUT2D eigenvalue weighted by molar-refractivity contribution is 0.260. The van der Waals surface area contributed by atoms with Crippen molar-refractivity contribution in [3.8, 4) is 0 Å². The Morgan fingerprint density at radius 2 is 2.12 bits per heavy atom. The number of hydrogen-bond acceptors (Lipinski definition) is 2. The number of aryl methyl sites for hydroxylation is 1. The van der Waals surface area contributed by atoms with Crippen LogP contribution in [0.5, 0.6) is 0 Å². The van der Waals surface area contributed by atoms with Crippen molar-refractivity contribution in [2.75, 3.05) is 13.1 Å². The Labute approximate surface area is 98.4 Å². The summed E-state index contributed by atoms with van der Waals surface area (Å²) in [5.74, 6) is 0. The zero-order valence-corrected chi connectivity index (χ0v) is 10.5. The Morgan fingerprint density at radius 3 is 2.81 bits per heavy atom. The van der Waals surface area contributed by atoms with Gasteiger partial charge in [0.25, 0.3) is 0 Å². The van der Waals surface area contributed by atoms with Gasteiger partial charge in [0.05, 0.1) is 6.04 Å². The van der Waals surface area contributed by atoms with E-state index in [-0.39, 0.29) is 0 Å². The quantitative estimate of drug-likeness (QED) is 0.826. The summed E-state index contributed by atoms with van der Waals surface area (Å²) < 4.78 is 0. The van der Waals surface area contributed by atoms with Gasteiger partial charge in [-0.25, -0.2) is 0 Å². The lowest BCUT2D eigenvalue weighted by Crippen LogP contribution is -2.32. The molecule has 88 valence electrons. The van der Waals surface area contributed by atoms with Crippen LogP contribution in [-0.2, 0) is 0 Å². The third kappa shape index (κ3) is 1.87. The summed E-state index contributed by atoms with van der Waals surface area (Å²) in [5.41, 5.74) is 10.5. The Kier molecular flexibility index (Phi) is 3.31. The first kappa shape index (κ1) is 11.6. The van der Waals surface area contributed by atoms with E-state index in [0.29, 0.717) is 12.1 Å². The number of nitrogens with zero attached hydrogens (tertiary/aromatic N) is 1. The van der Waals surface area contributed by atoms with Gasteiger partial charge in [0.1, 0.15) is 0 Å². The maximum Gasteiger partial charge on any atom is 0.0502 e. The molecular formula is C14H22N2. The average molecular weight is 218 g/mol. The Hall–Kier alpha value is -0.860. The van der Waals surface area contributed by atoms with Crippen molar-refractivity contribution in [1.29, 1.82) is 0 Å². The number of rotatable bonds is 2. The molecule has 2 heteroatoms. The van der Waals surface area contributed by atoms with Crippen LogP contribution in [-0.4, -0.2) is 24.0 Å². The molecule has 2 atom stereocenters. The van der Waals surface area contributed by atoms with Gasteiger partial charge in [0.2, 0.25) is 0 Å². The van der Waals surface area contributed by atoms with E-state index in [4.69, 9.17) is 5.73 Å². The van der Waals surface area contributed by atoms with Gasteiger partial charge in [-0.05, 0) is 43.5 Å². The van der Waals surface area contributed by atoms with Crippen LogP contribution >= 0.6 is 0 Å². The number of likely N-dealkylation sites (N-methyl/N-ethyl adjacent to an activating group) is 1. The molecule has 2 rings (SSSR count). The molecular weight excluding hydrogens is 196 g/mol. The van der Waals surface area contributed by atoms with E-state index >= 15 is 0 Å². The number of benzene rings is 1. The predicted molar refractivity (Wildman–Crippen MR) is 68.5 cm³/mol. The summed E-state index contributed by atoms with van der Waals surface area (Å²) in [6.45, 7) is 8.83. The summed E-state index contributed by atoms with van der Waals surface area (Å²) >= 11 is 0. The molecule has 0 amide bonds. The van der Waals surface area contributed by atoms with Gasteiger partial charge >= 0.3 is 0 Å². The summed E-state index contributed by atoms with van der Waals surface area (Å²) in [6.07, 6.45) is 1.12. The Bertz CT molecular complexity index is 373. The Morgan fingerprint density at radius 1 is 1.38 bits per heavy atom. The van der Waals surface area contributed by atoms with Crippen molar-refractivity contribution in [2.24, 2.45) is 5.73 Å². The number of nitrogens with two attached hydrogens (primary N) is 1. The maximum absolute atomic E-state index is 6.25. The van der Waals surface area contributed by atoms with Gasteiger partial charge in [-0.1, -0.05) is 25.1 Å². The third-order valence-electron chi connectivity index (χ3n) is 3.92. The van der Waals surface area contributed by atoms with E-state index in [1.54, 1.807) is 0 Å². The topological polar surface area (TPSA) is 29.3 Å². The second-order valence-electron chi connectivity index (χ2n) is 4.82. The zero-order valence-electron chi connectivity index (χ0n) is 10.5. The van der Waals surface area contributed by atoms with Crippen LogP contribution in [0.15, 0.2) is 18.2 Å². The second kappa shape index (κ2) is 4.56. The molecule has 0 aromatic heterocycles. The molecule has 0 aliphatic carbocycles. The molecule has 1 fully saturated rings. The molecule has 1 aliphatic heterocycles. The van der Waals surface area contributed by atoms with E-state index in [1.807, 2.05) is 0 Å². The van der Waals surface area contributed by atoms with E-state index in [9.17, 15) is 0 Å². The van der Waals surface area contributed by atoms with Gasteiger partial charge in [-0.2, -0.15) is 0 Å². The largest absolute Gasteiger partial charge is 0.326 e. The fourth-order valence-electron chi connectivity index (χ4n) is 2.76. The molecule has 2 N–H and O–H groups in total. The van der Waals surface area contributed by atoms with Crippen molar-refractivity contribution in [3.63, 3.8) is 0 Å². The molecule has 1 aliphatic rings. The standard InChI is InChI=1S/C14H22N2/c1-4-16-9-8-13(15)14(16)12-7-5-6-10(2)11(12)3/h5-7,13-14H,4,8-9,15H2,1-3H3. The van der Waals surface area contributed by atoms with Gasteiger partial charge in [-0.3, -0.25) is 4.90 Å². The highest BCUT2D eigenvalue weighted by molar-refractivity contribution is 5.36. The summed E-state index contributed by atoms with van der Waals surface area (Å²) in [7, 11) is 0. The highest BCUT2D eigenvalue weighted by Crippen LogP contribution is 2.33. The molecule has 1 heterocycles. The van der Waals surface area contributed by atoms with E-state index < -0.39 is 0 Å². The van der Waals surface area contributed by atoms with Crippen LogP contribution in [0.3, 0.4) is 0 Å². The van der Waals surface area contributed by atoms with Crippen LogP contribution in [0.2, 0.25) is 0 Å². The number of hydrogen-bond donors (Lipinski definition) is 1. The van der Waals surface area contributed by atoms with Crippen molar-refractivity contribution in [2.45, 2.75) is 39.3 Å². The van der Waals surface area contributed by atoms with Crippen LogP contribution < -0.4 is 5.73 Å². The van der Waals surface area contributed by atoms with Crippen molar-refractivity contribution >= 4 is 0 Å². The molecule has 16 heavy (non-hydrogen) atoms. The molecule has 0 spiro atoms. The first-order chi connectivity index (χ1) is 7.65. The molecule has 0 bridgehead atoms. The minimum absolute atomic E-state index is 0.292. The number of likely N-dealkylation sites (tertiary alicyclic amines) is 1. The van der Waals surface area contributed by atoms with Gasteiger partial charge < -0.3 is 5.73 Å². The fraction of sp³-hybridized carbons (Fsp3) is 0.571. The molecule has 1 saturated heterocycles. The molecule has 0 saturated carbocycles. The maximum atomic E-state index is 6.25. The van der Waals surface area contributed by atoms with Crippen LogP contribution in [0, 0.1) is 13.8 Å². The van der Waals surface area contributed by atoms with Crippen LogP contribution in [0.25, 0.3) is 0 Å². The zero-order chi connectivity index (χ0) is 11.7.